The van der Waals surface area contributed by atoms with Crippen molar-refractivity contribution in [3.8, 4) is 5.75 Å². The van der Waals surface area contributed by atoms with Gasteiger partial charge in [-0.1, -0.05) is 66.7 Å². The van der Waals surface area contributed by atoms with E-state index in [9.17, 15) is 4.57 Å². The van der Waals surface area contributed by atoms with E-state index in [0.717, 1.165) is 32.1 Å². The molecule has 1 atom stereocenters. The largest absolute Gasteiger partial charge is 0.431 e. The van der Waals surface area contributed by atoms with Crippen molar-refractivity contribution in [1.82, 2.24) is 0 Å². The average Bonchev–Trinajstić information content (AvgIpc) is 3.02. The molecule has 1 aliphatic rings. The molecule has 0 spiro atoms. The summed E-state index contributed by atoms with van der Waals surface area (Å²) in [5.74, 6) is 0.751. The Morgan fingerprint density at radius 3 is 1.92 bits per heavy atom. The van der Waals surface area contributed by atoms with Crippen LogP contribution in [0.5, 0.6) is 5.75 Å². The summed E-state index contributed by atoms with van der Waals surface area (Å²) in [5, 5.41) is 5.18. The number of hydrogen-bond donors (Lipinski definition) is 0. The minimum atomic E-state index is -3.00. The van der Waals surface area contributed by atoms with Crippen molar-refractivity contribution in [3.05, 3.63) is 78.9 Å². The highest BCUT2D eigenvalue weighted by Gasteiger charge is 2.39. The second-order valence-corrected chi connectivity index (χ2v) is 10.0. The van der Waals surface area contributed by atoms with Crippen LogP contribution in [0, 0.1) is 0 Å². The monoisotopic (exact) mass is 348 g/mol. The van der Waals surface area contributed by atoms with Gasteiger partial charge in [-0.05, 0) is 34.3 Å². The van der Waals surface area contributed by atoms with E-state index in [1.165, 1.54) is 16.8 Å². The summed E-state index contributed by atoms with van der Waals surface area (Å²) in [6, 6.07) is 25.9. The lowest BCUT2D eigenvalue weighted by molar-refractivity contribution is 0.512. The van der Waals surface area contributed by atoms with Crippen molar-refractivity contribution in [3.63, 3.8) is 0 Å². The second kappa shape index (κ2) is 5.14. The van der Waals surface area contributed by atoms with Gasteiger partial charge in [-0.25, -0.2) is 0 Å². The lowest BCUT2D eigenvalue weighted by atomic mass is 10.0. The summed E-state index contributed by atoms with van der Waals surface area (Å²) in [5.41, 5.74) is 0. The molecule has 2 nitrogen and oxygen atoms in total. The van der Waals surface area contributed by atoms with Crippen LogP contribution in [0.4, 0.5) is 0 Å². The van der Waals surface area contributed by atoms with E-state index in [1.807, 2.05) is 60.7 Å². The van der Waals surface area contributed by atoms with Gasteiger partial charge in [-0.15, -0.1) is 0 Å². The SMILES string of the molecule is O=P1(c2ccccc2)Oc2c(c3ccccc3c3ccccc23)S1. The lowest BCUT2D eigenvalue weighted by Gasteiger charge is -2.11. The van der Waals surface area contributed by atoms with E-state index in [1.54, 1.807) is 0 Å². The molecule has 0 fully saturated rings. The maximum Gasteiger partial charge on any atom is 0.337 e. The average molecular weight is 348 g/mol. The summed E-state index contributed by atoms with van der Waals surface area (Å²) in [4.78, 5) is 0.983. The lowest BCUT2D eigenvalue weighted by Crippen LogP contribution is -2.03. The molecule has 0 aromatic heterocycles. The maximum atomic E-state index is 13.5. The predicted molar refractivity (Wildman–Crippen MR) is 102 cm³/mol. The number of fused-ring (bicyclic) bond motifs is 6. The summed E-state index contributed by atoms with van der Waals surface area (Å²) in [6.07, 6.45) is 0. The number of rotatable bonds is 1. The fourth-order valence-corrected chi connectivity index (χ4v) is 7.54. The third-order valence-electron chi connectivity index (χ3n) is 4.34. The van der Waals surface area contributed by atoms with E-state index >= 15 is 0 Å². The molecule has 0 N–H and O–H groups in total. The molecule has 0 bridgehead atoms. The zero-order chi connectivity index (χ0) is 16.1. The fourth-order valence-electron chi connectivity index (χ4n) is 3.23. The van der Waals surface area contributed by atoms with Crippen LogP contribution in [-0.2, 0) is 4.57 Å². The van der Waals surface area contributed by atoms with Gasteiger partial charge in [0.15, 0.2) is 5.75 Å². The van der Waals surface area contributed by atoms with Gasteiger partial charge in [-0.3, -0.25) is 4.57 Å². The van der Waals surface area contributed by atoms with Gasteiger partial charge in [0.1, 0.15) is 0 Å². The first-order valence-electron chi connectivity index (χ1n) is 7.74. The van der Waals surface area contributed by atoms with Crippen LogP contribution in [0.1, 0.15) is 0 Å². The van der Waals surface area contributed by atoms with E-state index in [2.05, 4.69) is 18.2 Å². The molecular formula is C20H13O2PS. The molecule has 1 aliphatic heterocycles. The molecule has 1 heterocycles. The molecule has 116 valence electrons. The van der Waals surface area contributed by atoms with Crippen LogP contribution in [0.25, 0.3) is 21.5 Å². The summed E-state index contributed by atoms with van der Waals surface area (Å²) in [6.45, 7) is -3.00. The Hall–Kier alpha value is -2.22. The molecule has 0 aliphatic carbocycles. The first-order valence-corrected chi connectivity index (χ1v) is 10.8. The number of hydrogen-bond acceptors (Lipinski definition) is 3. The van der Waals surface area contributed by atoms with Gasteiger partial charge in [0.25, 0.3) is 0 Å². The van der Waals surface area contributed by atoms with Gasteiger partial charge in [-0.2, -0.15) is 0 Å². The zero-order valence-corrected chi connectivity index (χ0v) is 14.4. The third-order valence-corrected chi connectivity index (χ3v) is 8.64. The Balaban J connectivity index is 1.84. The minimum absolute atomic E-state index is 0.749. The highest BCUT2D eigenvalue weighted by molar-refractivity contribution is 8.59. The summed E-state index contributed by atoms with van der Waals surface area (Å²) < 4.78 is 19.6. The first-order chi connectivity index (χ1) is 11.8. The van der Waals surface area contributed by atoms with Gasteiger partial charge in [0, 0.05) is 10.8 Å². The topological polar surface area (TPSA) is 26.3 Å². The standard InChI is InChI=1S/C20H13O2PS/c21-23(14-8-2-1-3-9-14)22-19-17-12-6-4-10-15(17)16-11-5-7-13-18(16)20(19)24-23/h1-13H. The Bertz CT molecular complexity index is 1070. The molecule has 0 saturated heterocycles. The van der Waals surface area contributed by atoms with Crippen LogP contribution in [0.15, 0.2) is 83.8 Å². The van der Waals surface area contributed by atoms with E-state index in [0.29, 0.717) is 0 Å². The normalized spacial score (nSPS) is 19.3. The molecular weight excluding hydrogens is 335 g/mol. The smallest absolute Gasteiger partial charge is 0.337 e. The molecule has 24 heavy (non-hydrogen) atoms. The van der Waals surface area contributed by atoms with E-state index in [4.69, 9.17) is 4.52 Å². The Morgan fingerprint density at radius 2 is 1.21 bits per heavy atom. The molecule has 4 heteroatoms. The van der Waals surface area contributed by atoms with Gasteiger partial charge >= 0.3 is 6.57 Å². The zero-order valence-electron chi connectivity index (χ0n) is 12.7. The molecule has 0 radical (unpaired) electrons. The van der Waals surface area contributed by atoms with Crippen molar-refractivity contribution in [2.24, 2.45) is 0 Å². The maximum absolute atomic E-state index is 13.5. The Kier molecular flexibility index (Phi) is 3.03. The van der Waals surface area contributed by atoms with Crippen molar-refractivity contribution in [2.45, 2.75) is 4.90 Å². The van der Waals surface area contributed by atoms with Crippen molar-refractivity contribution in [1.29, 1.82) is 0 Å². The highest BCUT2D eigenvalue weighted by Crippen LogP contribution is 2.71. The Morgan fingerprint density at radius 1 is 0.667 bits per heavy atom. The van der Waals surface area contributed by atoms with Crippen molar-refractivity contribution >= 4 is 44.8 Å². The molecule has 0 saturated carbocycles. The first kappa shape index (κ1) is 14.2. The summed E-state index contributed by atoms with van der Waals surface area (Å²) >= 11 is 1.37. The van der Waals surface area contributed by atoms with Crippen molar-refractivity contribution < 1.29 is 9.09 Å². The van der Waals surface area contributed by atoms with Gasteiger partial charge in [0.05, 0.1) is 10.2 Å². The third kappa shape index (κ3) is 1.95. The fraction of sp³-hybridized carbons (Fsp3) is 0. The van der Waals surface area contributed by atoms with Crippen LogP contribution >= 0.6 is 18.0 Å². The van der Waals surface area contributed by atoms with E-state index in [-0.39, 0.29) is 0 Å². The highest BCUT2D eigenvalue weighted by atomic mass is 32.7. The molecule has 1 unspecified atom stereocenters. The minimum Gasteiger partial charge on any atom is -0.431 e. The van der Waals surface area contributed by atoms with Crippen LogP contribution < -0.4 is 9.83 Å². The molecule has 4 aromatic carbocycles. The molecule has 5 rings (SSSR count). The summed E-state index contributed by atoms with van der Waals surface area (Å²) in [7, 11) is 0. The predicted octanol–water partition coefficient (Wildman–Crippen LogP) is 6.00. The quantitative estimate of drug-likeness (QED) is 0.312. The van der Waals surface area contributed by atoms with Crippen molar-refractivity contribution in [2.75, 3.05) is 0 Å². The van der Waals surface area contributed by atoms with Gasteiger partial charge < -0.3 is 4.52 Å². The Labute approximate surface area is 143 Å². The molecule has 0 amide bonds. The second-order valence-electron chi connectivity index (χ2n) is 5.77. The molecule has 4 aromatic rings. The van der Waals surface area contributed by atoms with Crippen LogP contribution in [-0.4, -0.2) is 0 Å². The van der Waals surface area contributed by atoms with Gasteiger partial charge in [0.2, 0.25) is 0 Å². The van der Waals surface area contributed by atoms with Crippen LogP contribution in [0.2, 0.25) is 0 Å². The van der Waals surface area contributed by atoms with E-state index < -0.39 is 6.57 Å². The van der Waals surface area contributed by atoms with Crippen LogP contribution in [0.3, 0.4) is 0 Å². The number of benzene rings is 4.